The van der Waals surface area contributed by atoms with E-state index in [9.17, 15) is 4.79 Å². The lowest BCUT2D eigenvalue weighted by Crippen LogP contribution is -2.12. The third-order valence-corrected chi connectivity index (χ3v) is 7.34. The van der Waals surface area contributed by atoms with Crippen molar-refractivity contribution in [1.82, 2.24) is 19.6 Å². The summed E-state index contributed by atoms with van der Waals surface area (Å²) in [5.41, 5.74) is 3.83. The van der Waals surface area contributed by atoms with E-state index in [4.69, 9.17) is 11.6 Å². The van der Waals surface area contributed by atoms with E-state index in [1.165, 1.54) is 11.3 Å². The van der Waals surface area contributed by atoms with Gasteiger partial charge >= 0.3 is 0 Å². The normalized spacial score (nSPS) is 11.1. The van der Waals surface area contributed by atoms with Gasteiger partial charge in [0.15, 0.2) is 5.82 Å². The molecule has 0 bridgehead atoms. The topological polar surface area (TPSA) is 64.7 Å². The van der Waals surface area contributed by atoms with Gasteiger partial charge in [-0.25, -0.2) is 0 Å². The number of nitrogens with zero attached hydrogens (tertiary/aromatic N) is 4. The average molecular weight is 584 g/mol. The first kappa shape index (κ1) is 22.3. The number of carbonyl (C=O) groups is 1. The summed E-state index contributed by atoms with van der Waals surface area (Å²) in [5, 5.41) is 14.5. The SMILES string of the molecule is Cc1nn(Cc2csc(C(=O)Nc3nn(Cc4ccc(Br)cc4)cc3Br)c2)c(C)c1Cl. The third-order valence-electron chi connectivity index (χ3n) is 4.71. The largest absolute Gasteiger partial charge is 0.303 e. The highest BCUT2D eigenvalue weighted by Crippen LogP contribution is 2.25. The summed E-state index contributed by atoms with van der Waals surface area (Å²) < 4.78 is 5.39. The molecule has 1 N–H and O–H groups in total. The summed E-state index contributed by atoms with van der Waals surface area (Å²) in [6, 6.07) is 9.91. The number of anilines is 1. The van der Waals surface area contributed by atoms with E-state index in [1.807, 2.05) is 60.4 Å². The van der Waals surface area contributed by atoms with Crippen molar-refractivity contribution in [2.24, 2.45) is 0 Å². The molecule has 1 aromatic carbocycles. The molecule has 0 aliphatic carbocycles. The number of thiophene rings is 1. The molecule has 0 spiro atoms. The summed E-state index contributed by atoms with van der Waals surface area (Å²) in [7, 11) is 0. The molecule has 3 heterocycles. The van der Waals surface area contributed by atoms with Gasteiger partial charge in [-0.1, -0.05) is 39.7 Å². The Morgan fingerprint density at radius 1 is 1.13 bits per heavy atom. The molecule has 3 aromatic heterocycles. The fraction of sp³-hybridized carbons (Fsp3) is 0.190. The minimum absolute atomic E-state index is 0.197. The molecular formula is C21H18Br2ClN5OS. The minimum Gasteiger partial charge on any atom is -0.303 e. The van der Waals surface area contributed by atoms with Gasteiger partial charge in [0.25, 0.3) is 5.91 Å². The number of halogens is 3. The number of aryl methyl sites for hydroxylation is 1. The Hall–Kier alpha value is -1.94. The van der Waals surface area contributed by atoms with Crippen LogP contribution in [-0.4, -0.2) is 25.5 Å². The number of aromatic nitrogens is 4. The number of hydrogen-bond donors (Lipinski definition) is 1. The first-order chi connectivity index (χ1) is 14.8. The molecule has 6 nitrogen and oxygen atoms in total. The van der Waals surface area contributed by atoms with E-state index in [-0.39, 0.29) is 5.91 Å². The van der Waals surface area contributed by atoms with Crippen molar-refractivity contribution < 1.29 is 4.79 Å². The Balaban J connectivity index is 1.43. The minimum atomic E-state index is -0.197. The lowest BCUT2D eigenvalue weighted by atomic mass is 10.2. The number of amides is 1. The van der Waals surface area contributed by atoms with Crippen molar-refractivity contribution in [3.63, 3.8) is 0 Å². The van der Waals surface area contributed by atoms with Gasteiger partial charge in [-0.05, 0) is 64.5 Å². The zero-order chi connectivity index (χ0) is 22.1. The van der Waals surface area contributed by atoms with Crippen molar-refractivity contribution in [2.45, 2.75) is 26.9 Å². The Labute approximate surface area is 205 Å². The lowest BCUT2D eigenvalue weighted by molar-refractivity contribution is 0.103. The van der Waals surface area contributed by atoms with E-state index in [1.54, 1.807) is 4.68 Å². The van der Waals surface area contributed by atoms with Crippen molar-refractivity contribution in [2.75, 3.05) is 5.32 Å². The third kappa shape index (κ3) is 5.11. The van der Waals surface area contributed by atoms with Crippen molar-refractivity contribution in [3.8, 4) is 0 Å². The van der Waals surface area contributed by atoms with E-state index in [0.29, 0.717) is 28.8 Å². The van der Waals surface area contributed by atoms with Gasteiger partial charge in [-0.15, -0.1) is 11.3 Å². The maximum Gasteiger partial charge on any atom is 0.266 e. The van der Waals surface area contributed by atoms with Crippen LogP contribution in [0.2, 0.25) is 5.02 Å². The second-order valence-corrected chi connectivity index (χ2v) is 10.1. The van der Waals surface area contributed by atoms with Gasteiger partial charge in [0, 0.05) is 10.7 Å². The zero-order valence-electron chi connectivity index (χ0n) is 16.7. The number of carbonyl (C=O) groups excluding carboxylic acids is 1. The lowest BCUT2D eigenvalue weighted by Gasteiger charge is -2.03. The Kier molecular flexibility index (Phi) is 6.66. The van der Waals surface area contributed by atoms with Crippen LogP contribution in [0.5, 0.6) is 0 Å². The molecule has 0 atom stereocenters. The summed E-state index contributed by atoms with van der Waals surface area (Å²) in [6.07, 6.45) is 1.85. The molecule has 10 heteroatoms. The molecule has 4 aromatic rings. The Morgan fingerprint density at radius 3 is 2.55 bits per heavy atom. The van der Waals surface area contributed by atoms with Crippen LogP contribution in [0.3, 0.4) is 0 Å². The maximum absolute atomic E-state index is 12.7. The van der Waals surface area contributed by atoms with Crippen LogP contribution >= 0.6 is 54.8 Å². The van der Waals surface area contributed by atoms with Crippen LogP contribution < -0.4 is 5.32 Å². The fourth-order valence-corrected chi connectivity index (χ4v) is 4.70. The Bertz CT molecular complexity index is 1250. The van der Waals surface area contributed by atoms with Crippen LogP contribution in [0.25, 0.3) is 0 Å². The number of hydrogen-bond acceptors (Lipinski definition) is 4. The van der Waals surface area contributed by atoms with Gasteiger partial charge in [-0.3, -0.25) is 14.2 Å². The highest BCUT2D eigenvalue weighted by molar-refractivity contribution is 9.10. The van der Waals surface area contributed by atoms with E-state index in [2.05, 4.69) is 47.4 Å². The van der Waals surface area contributed by atoms with E-state index < -0.39 is 0 Å². The summed E-state index contributed by atoms with van der Waals surface area (Å²) in [4.78, 5) is 13.4. The first-order valence-electron chi connectivity index (χ1n) is 9.36. The van der Waals surface area contributed by atoms with Crippen LogP contribution in [0.15, 0.2) is 50.9 Å². The molecular weight excluding hydrogens is 566 g/mol. The molecule has 0 aliphatic heterocycles. The Morgan fingerprint density at radius 2 is 1.87 bits per heavy atom. The summed E-state index contributed by atoms with van der Waals surface area (Å²) in [6.45, 7) is 4.99. The van der Waals surface area contributed by atoms with Gasteiger partial charge in [0.1, 0.15) is 0 Å². The van der Waals surface area contributed by atoms with Gasteiger partial charge in [-0.2, -0.15) is 10.2 Å². The first-order valence-corrected chi connectivity index (χ1v) is 12.2. The highest BCUT2D eigenvalue weighted by atomic mass is 79.9. The highest BCUT2D eigenvalue weighted by Gasteiger charge is 2.16. The fourth-order valence-electron chi connectivity index (χ4n) is 3.09. The number of nitrogens with one attached hydrogen (secondary N) is 1. The average Bonchev–Trinajstić information content (AvgIpc) is 3.40. The predicted octanol–water partition coefficient (Wildman–Crippen LogP) is 6.29. The van der Waals surface area contributed by atoms with Gasteiger partial charge < -0.3 is 5.32 Å². The maximum atomic E-state index is 12.7. The quantitative estimate of drug-likeness (QED) is 0.290. The summed E-state index contributed by atoms with van der Waals surface area (Å²) in [5.74, 6) is 0.291. The molecule has 0 unspecified atom stereocenters. The molecule has 31 heavy (non-hydrogen) atoms. The van der Waals surface area contributed by atoms with Crippen molar-refractivity contribution in [1.29, 1.82) is 0 Å². The smallest absolute Gasteiger partial charge is 0.266 e. The molecule has 1 amide bonds. The van der Waals surface area contributed by atoms with Crippen LogP contribution in [0.1, 0.15) is 32.2 Å². The van der Waals surface area contributed by atoms with Gasteiger partial charge in [0.05, 0.1) is 38.8 Å². The second-order valence-electron chi connectivity index (χ2n) is 7.07. The van der Waals surface area contributed by atoms with E-state index in [0.717, 1.165) is 31.5 Å². The van der Waals surface area contributed by atoms with E-state index >= 15 is 0 Å². The zero-order valence-corrected chi connectivity index (χ0v) is 21.4. The monoisotopic (exact) mass is 581 g/mol. The molecule has 0 radical (unpaired) electrons. The number of benzene rings is 1. The second kappa shape index (κ2) is 9.28. The molecule has 160 valence electrons. The summed E-state index contributed by atoms with van der Waals surface area (Å²) >= 11 is 14.5. The molecule has 0 aliphatic rings. The molecule has 4 rings (SSSR count). The molecule has 0 saturated carbocycles. The molecule has 0 saturated heterocycles. The molecule has 0 fully saturated rings. The predicted molar refractivity (Wildman–Crippen MR) is 131 cm³/mol. The van der Waals surface area contributed by atoms with Crippen LogP contribution in [0.4, 0.5) is 5.82 Å². The van der Waals surface area contributed by atoms with Crippen LogP contribution in [-0.2, 0) is 13.1 Å². The van der Waals surface area contributed by atoms with Crippen LogP contribution in [0, 0.1) is 13.8 Å². The van der Waals surface area contributed by atoms with Crippen molar-refractivity contribution >= 4 is 66.5 Å². The van der Waals surface area contributed by atoms with Crippen molar-refractivity contribution in [3.05, 3.63) is 83.3 Å². The standard InChI is InChI=1S/C21H18Br2ClN5OS/c1-12-19(24)13(2)29(26-12)9-15-7-18(31-11-15)21(30)25-20-17(23)10-28(27-20)8-14-3-5-16(22)6-4-14/h3-7,10-11H,8-9H2,1-2H3,(H,25,27,30). The van der Waals surface area contributed by atoms with Gasteiger partial charge in [0.2, 0.25) is 0 Å². The number of rotatable bonds is 6.